The number of carboxylic acid groups (broad SMARTS) is 1. The van der Waals surface area contributed by atoms with Crippen LogP contribution in [0.5, 0.6) is 0 Å². The number of aromatic carboxylic acids is 1. The fourth-order valence-corrected chi connectivity index (χ4v) is 1.65. The highest BCUT2D eigenvalue weighted by molar-refractivity contribution is 9.10. The van der Waals surface area contributed by atoms with Crippen molar-refractivity contribution in [2.45, 2.75) is 19.9 Å². The molecule has 1 aromatic rings. The molecule has 98 valence electrons. The van der Waals surface area contributed by atoms with Crippen molar-refractivity contribution in [3.8, 4) is 0 Å². The van der Waals surface area contributed by atoms with Gasteiger partial charge in [0.05, 0.1) is 0 Å². The molecule has 0 radical (unpaired) electrons. The van der Waals surface area contributed by atoms with Gasteiger partial charge in [-0.3, -0.25) is 4.79 Å². The molecule has 1 unspecified atom stereocenters. The maximum atomic E-state index is 11.5. The molecule has 0 aliphatic carbocycles. The number of amides is 1. The van der Waals surface area contributed by atoms with Crippen LogP contribution in [0.15, 0.2) is 16.7 Å². The van der Waals surface area contributed by atoms with Gasteiger partial charge >= 0.3 is 5.97 Å². The zero-order valence-corrected chi connectivity index (χ0v) is 11.6. The minimum Gasteiger partial charge on any atom is -0.478 e. The first-order valence-electron chi connectivity index (χ1n) is 5.38. The van der Waals surface area contributed by atoms with Gasteiger partial charge in [-0.2, -0.15) is 0 Å². The van der Waals surface area contributed by atoms with Crippen molar-refractivity contribution in [2.75, 3.05) is 11.9 Å². The van der Waals surface area contributed by atoms with Crippen LogP contribution < -0.4 is 10.6 Å². The van der Waals surface area contributed by atoms with E-state index in [-0.39, 0.29) is 17.3 Å². The third kappa shape index (κ3) is 3.69. The summed E-state index contributed by atoms with van der Waals surface area (Å²) in [6.45, 7) is 3.97. The largest absolute Gasteiger partial charge is 0.478 e. The molecule has 0 spiro atoms. The van der Waals surface area contributed by atoms with Crippen LogP contribution in [0.1, 0.15) is 24.2 Å². The molecule has 0 bridgehead atoms. The summed E-state index contributed by atoms with van der Waals surface area (Å²) >= 11 is 3.15. The summed E-state index contributed by atoms with van der Waals surface area (Å²) in [6, 6.07) is 0.874. The van der Waals surface area contributed by atoms with E-state index in [4.69, 9.17) is 5.11 Å². The Kier molecular flexibility index (Phi) is 5.08. The van der Waals surface area contributed by atoms with Crippen molar-refractivity contribution in [3.05, 3.63) is 22.3 Å². The van der Waals surface area contributed by atoms with Gasteiger partial charge in [-0.25, -0.2) is 9.78 Å². The standard InChI is InChI=1S/C11H14BrN3O3/c1-3-13-10(16)6(2)15-9-8(11(17)18)4-7(12)5-14-9/h4-6H,3H2,1-2H3,(H,13,16)(H,14,15)(H,17,18). The molecule has 0 saturated carbocycles. The van der Waals surface area contributed by atoms with E-state index in [0.29, 0.717) is 11.0 Å². The smallest absolute Gasteiger partial charge is 0.339 e. The summed E-state index contributed by atoms with van der Waals surface area (Å²) in [5.41, 5.74) is 0.0144. The fraction of sp³-hybridized carbons (Fsp3) is 0.364. The lowest BCUT2D eigenvalue weighted by Gasteiger charge is -2.15. The van der Waals surface area contributed by atoms with E-state index in [1.54, 1.807) is 6.92 Å². The van der Waals surface area contributed by atoms with Crippen LogP contribution in [0.25, 0.3) is 0 Å². The van der Waals surface area contributed by atoms with Crippen molar-refractivity contribution in [1.82, 2.24) is 10.3 Å². The van der Waals surface area contributed by atoms with Crippen LogP contribution in [0, 0.1) is 0 Å². The van der Waals surface area contributed by atoms with Crippen LogP contribution in [0.4, 0.5) is 5.82 Å². The topological polar surface area (TPSA) is 91.3 Å². The second kappa shape index (κ2) is 6.34. The van der Waals surface area contributed by atoms with Gasteiger partial charge in [0.1, 0.15) is 17.4 Å². The Bertz CT molecular complexity index is 465. The molecule has 3 N–H and O–H groups in total. The van der Waals surface area contributed by atoms with Crippen molar-refractivity contribution in [2.24, 2.45) is 0 Å². The van der Waals surface area contributed by atoms with Crippen molar-refractivity contribution < 1.29 is 14.7 Å². The van der Waals surface area contributed by atoms with Gasteiger partial charge in [0.25, 0.3) is 0 Å². The molecule has 1 atom stereocenters. The summed E-state index contributed by atoms with van der Waals surface area (Å²) in [5.74, 6) is -1.14. The molecule has 0 aromatic carbocycles. The maximum absolute atomic E-state index is 11.5. The van der Waals surface area contributed by atoms with Crippen molar-refractivity contribution in [1.29, 1.82) is 0 Å². The van der Waals surface area contributed by atoms with Gasteiger partial charge in [-0.15, -0.1) is 0 Å². The predicted octanol–water partition coefficient (Wildman–Crippen LogP) is 1.48. The third-order valence-corrected chi connectivity index (χ3v) is 2.62. The molecule has 1 aromatic heterocycles. The van der Waals surface area contributed by atoms with Crippen LogP contribution >= 0.6 is 15.9 Å². The second-order valence-corrected chi connectivity index (χ2v) is 4.53. The molecule has 1 rings (SSSR count). The summed E-state index contributed by atoms with van der Waals surface area (Å²) < 4.78 is 0.566. The van der Waals surface area contributed by atoms with Gasteiger partial charge in [0, 0.05) is 17.2 Å². The van der Waals surface area contributed by atoms with Crippen LogP contribution in [-0.4, -0.2) is 34.6 Å². The van der Waals surface area contributed by atoms with Gasteiger partial charge < -0.3 is 15.7 Å². The molecule has 18 heavy (non-hydrogen) atoms. The Labute approximate surface area is 113 Å². The summed E-state index contributed by atoms with van der Waals surface area (Å²) in [6.07, 6.45) is 1.47. The Morgan fingerprint density at radius 2 is 2.22 bits per heavy atom. The number of rotatable bonds is 5. The van der Waals surface area contributed by atoms with Gasteiger partial charge in [-0.05, 0) is 35.8 Å². The molecule has 0 fully saturated rings. The van der Waals surface area contributed by atoms with Crippen molar-refractivity contribution in [3.63, 3.8) is 0 Å². The number of halogens is 1. The highest BCUT2D eigenvalue weighted by atomic mass is 79.9. The van der Waals surface area contributed by atoms with E-state index in [2.05, 4.69) is 31.5 Å². The Balaban J connectivity index is 2.90. The molecule has 0 aliphatic heterocycles. The van der Waals surface area contributed by atoms with Gasteiger partial charge in [0.2, 0.25) is 5.91 Å². The molecule has 7 heteroatoms. The average molecular weight is 316 g/mol. The van der Waals surface area contributed by atoms with E-state index < -0.39 is 12.0 Å². The number of nitrogens with zero attached hydrogens (tertiary/aromatic N) is 1. The lowest BCUT2D eigenvalue weighted by molar-refractivity contribution is -0.121. The quantitative estimate of drug-likeness (QED) is 0.765. The summed E-state index contributed by atoms with van der Waals surface area (Å²) in [5, 5.41) is 14.5. The first-order chi connectivity index (χ1) is 8.45. The number of carbonyl (C=O) groups excluding carboxylic acids is 1. The number of nitrogens with one attached hydrogen (secondary N) is 2. The number of pyridine rings is 1. The highest BCUT2D eigenvalue weighted by Crippen LogP contribution is 2.18. The van der Waals surface area contributed by atoms with Crippen LogP contribution in [0.2, 0.25) is 0 Å². The van der Waals surface area contributed by atoms with Gasteiger partial charge in [0.15, 0.2) is 0 Å². The second-order valence-electron chi connectivity index (χ2n) is 3.62. The van der Waals surface area contributed by atoms with E-state index in [1.807, 2.05) is 6.92 Å². The zero-order valence-electron chi connectivity index (χ0n) is 10.0. The lowest BCUT2D eigenvalue weighted by atomic mass is 10.2. The highest BCUT2D eigenvalue weighted by Gasteiger charge is 2.17. The minimum atomic E-state index is -1.10. The molecule has 1 amide bonds. The van der Waals surface area contributed by atoms with E-state index in [9.17, 15) is 9.59 Å². The zero-order chi connectivity index (χ0) is 13.7. The maximum Gasteiger partial charge on any atom is 0.339 e. The number of hydrogen-bond donors (Lipinski definition) is 3. The number of hydrogen-bond acceptors (Lipinski definition) is 4. The molecule has 0 aliphatic rings. The predicted molar refractivity (Wildman–Crippen MR) is 70.7 cm³/mol. The van der Waals surface area contributed by atoms with Gasteiger partial charge in [-0.1, -0.05) is 0 Å². The molecule has 6 nitrogen and oxygen atoms in total. The average Bonchev–Trinajstić information content (AvgIpc) is 2.31. The SMILES string of the molecule is CCNC(=O)C(C)Nc1ncc(Br)cc1C(=O)O. The third-order valence-electron chi connectivity index (χ3n) is 2.18. The molecular formula is C11H14BrN3O3. The monoisotopic (exact) mass is 315 g/mol. The minimum absolute atomic E-state index is 0.0144. The first-order valence-corrected chi connectivity index (χ1v) is 6.18. The number of likely N-dealkylation sites (N-methyl/N-ethyl adjacent to an activating group) is 1. The number of anilines is 1. The van der Waals surface area contributed by atoms with E-state index in [1.165, 1.54) is 12.3 Å². The lowest BCUT2D eigenvalue weighted by Crippen LogP contribution is -2.37. The molecule has 0 saturated heterocycles. The molecular weight excluding hydrogens is 302 g/mol. The Hall–Kier alpha value is -1.63. The van der Waals surface area contributed by atoms with Crippen molar-refractivity contribution >= 4 is 33.6 Å². The normalized spacial score (nSPS) is 11.7. The van der Waals surface area contributed by atoms with Crippen LogP contribution in [0.3, 0.4) is 0 Å². The summed E-state index contributed by atoms with van der Waals surface area (Å²) in [7, 11) is 0. The Morgan fingerprint density at radius 3 is 2.78 bits per heavy atom. The van der Waals surface area contributed by atoms with E-state index >= 15 is 0 Å². The summed E-state index contributed by atoms with van der Waals surface area (Å²) in [4.78, 5) is 26.6. The first kappa shape index (κ1) is 14.4. The number of aromatic nitrogens is 1. The van der Waals surface area contributed by atoms with Crippen LogP contribution in [-0.2, 0) is 4.79 Å². The van der Waals surface area contributed by atoms with E-state index in [0.717, 1.165) is 0 Å². The number of carbonyl (C=O) groups is 2. The molecule has 1 heterocycles. The fourth-order valence-electron chi connectivity index (χ4n) is 1.32. The Morgan fingerprint density at radius 1 is 1.56 bits per heavy atom. The number of carboxylic acids is 1.